The highest BCUT2D eigenvalue weighted by molar-refractivity contribution is 6.32. The number of pyridine rings is 1. The summed E-state index contributed by atoms with van der Waals surface area (Å²) in [5.74, 6) is -0.110. The zero-order chi connectivity index (χ0) is 17.6. The topological polar surface area (TPSA) is 39.2 Å². The van der Waals surface area contributed by atoms with Crippen molar-refractivity contribution in [2.75, 3.05) is 7.11 Å². The SMILES string of the molecule is COC(=O)c1nc2ccc(Cl)cc2c(-c2cccc(Cl)c2)c1C1CC1. The van der Waals surface area contributed by atoms with Gasteiger partial charge in [-0.15, -0.1) is 0 Å². The molecular weight excluding hydrogens is 357 g/mol. The number of esters is 1. The van der Waals surface area contributed by atoms with Gasteiger partial charge in [0.1, 0.15) is 0 Å². The van der Waals surface area contributed by atoms with Crippen LogP contribution in [-0.4, -0.2) is 18.1 Å². The molecular formula is C20H15Cl2NO2. The minimum atomic E-state index is -0.415. The van der Waals surface area contributed by atoms with E-state index in [0.717, 1.165) is 34.9 Å². The predicted molar refractivity (Wildman–Crippen MR) is 101 cm³/mol. The number of halogens is 2. The summed E-state index contributed by atoms with van der Waals surface area (Å²) in [6, 6.07) is 13.1. The molecule has 3 nitrogen and oxygen atoms in total. The largest absolute Gasteiger partial charge is 0.464 e. The van der Waals surface area contributed by atoms with E-state index in [0.29, 0.717) is 27.2 Å². The van der Waals surface area contributed by atoms with Gasteiger partial charge in [-0.3, -0.25) is 0 Å². The van der Waals surface area contributed by atoms with E-state index in [2.05, 4.69) is 4.98 Å². The molecule has 5 heteroatoms. The van der Waals surface area contributed by atoms with Gasteiger partial charge in [0.05, 0.1) is 12.6 Å². The molecule has 0 radical (unpaired) electrons. The Labute approximate surface area is 155 Å². The number of aromatic nitrogens is 1. The van der Waals surface area contributed by atoms with Crippen molar-refractivity contribution in [3.63, 3.8) is 0 Å². The average Bonchev–Trinajstić information content (AvgIpc) is 3.44. The van der Waals surface area contributed by atoms with Crippen molar-refractivity contribution in [1.82, 2.24) is 4.98 Å². The van der Waals surface area contributed by atoms with Crippen LogP contribution >= 0.6 is 23.2 Å². The summed E-state index contributed by atoms with van der Waals surface area (Å²) in [5.41, 5.74) is 3.95. The molecule has 1 fully saturated rings. The van der Waals surface area contributed by atoms with Gasteiger partial charge in [-0.1, -0.05) is 35.3 Å². The van der Waals surface area contributed by atoms with Crippen LogP contribution < -0.4 is 0 Å². The molecule has 0 spiro atoms. The van der Waals surface area contributed by atoms with E-state index in [1.165, 1.54) is 7.11 Å². The highest BCUT2D eigenvalue weighted by Crippen LogP contribution is 2.48. The van der Waals surface area contributed by atoms with Gasteiger partial charge in [0.2, 0.25) is 0 Å². The lowest BCUT2D eigenvalue weighted by Crippen LogP contribution is -2.10. The molecule has 3 aromatic rings. The van der Waals surface area contributed by atoms with E-state index in [1.54, 1.807) is 6.07 Å². The molecule has 0 bridgehead atoms. The molecule has 25 heavy (non-hydrogen) atoms. The van der Waals surface area contributed by atoms with Crippen LogP contribution in [0.15, 0.2) is 42.5 Å². The Kier molecular flexibility index (Phi) is 4.14. The second-order valence-corrected chi connectivity index (χ2v) is 7.06. The molecule has 1 aliphatic carbocycles. The summed E-state index contributed by atoms with van der Waals surface area (Å²) in [4.78, 5) is 17.0. The molecule has 4 rings (SSSR count). The van der Waals surface area contributed by atoms with Crippen LogP contribution in [0.2, 0.25) is 10.0 Å². The molecule has 1 saturated carbocycles. The van der Waals surface area contributed by atoms with Crippen molar-refractivity contribution in [1.29, 1.82) is 0 Å². The molecule has 2 aromatic carbocycles. The fraction of sp³-hybridized carbons (Fsp3) is 0.200. The Hall–Kier alpha value is -2.10. The van der Waals surface area contributed by atoms with E-state index in [1.807, 2.05) is 36.4 Å². The second kappa shape index (κ2) is 6.32. The quantitative estimate of drug-likeness (QED) is 0.540. The summed E-state index contributed by atoms with van der Waals surface area (Å²) in [5, 5.41) is 2.19. The summed E-state index contributed by atoms with van der Waals surface area (Å²) in [6.07, 6.45) is 2.07. The van der Waals surface area contributed by atoms with Gasteiger partial charge in [0, 0.05) is 15.4 Å². The third kappa shape index (κ3) is 2.99. The maximum Gasteiger partial charge on any atom is 0.356 e. The van der Waals surface area contributed by atoms with Crippen LogP contribution in [0.5, 0.6) is 0 Å². The molecule has 1 heterocycles. The molecule has 0 saturated heterocycles. The molecule has 0 unspecified atom stereocenters. The maximum atomic E-state index is 12.4. The van der Waals surface area contributed by atoms with Gasteiger partial charge in [0.25, 0.3) is 0 Å². The molecule has 0 aliphatic heterocycles. The van der Waals surface area contributed by atoms with Crippen molar-refractivity contribution in [3.8, 4) is 11.1 Å². The van der Waals surface area contributed by atoms with Gasteiger partial charge in [-0.05, 0) is 65.8 Å². The Morgan fingerprint density at radius 3 is 2.56 bits per heavy atom. The number of benzene rings is 2. The molecule has 126 valence electrons. The zero-order valence-electron chi connectivity index (χ0n) is 13.6. The van der Waals surface area contributed by atoms with E-state index < -0.39 is 5.97 Å². The summed E-state index contributed by atoms with van der Waals surface area (Å²) < 4.78 is 4.99. The highest BCUT2D eigenvalue weighted by Gasteiger charge is 2.33. The number of ether oxygens (including phenoxy) is 1. The molecule has 1 aromatic heterocycles. The lowest BCUT2D eigenvalue weighted by atomic mass is 9.91. The van der Waals surface area contributed by atoms with Gasteiger partial charge in [-0.2, -0.15) is 0 Å². The molecule has 0 amide bonds. The standard InChI is InChI=1S/C20H15Cl2NO2/c1-25-20(24)19-18(11-5-6-11)17(12-3-2-4-13(21)9-12)15-10-14(22)7-8-16(15)23-19/h2-4,7-11H,5-6H2,1H3. The maximum absolute atomic E-state index is 12.4. The lowest BCUT2D eigenvalue weighted by Gasteiger charge is -2.17. The first-order chi connectivity index (χ1) is 12.1. The predicted octanol–water partition coefficient (Wildman–Crippen LogP) is 5.87. The number of carbonyl (C=O) groups is 1. The summed E-state index contributed by atoms with van der Waals surface area (Å²) in [7, 11) is 1.38. The number of nitrogens with zero attached hydrogens (tertiary/aromatic N) is 1. The fourth-order valence-electron chi connectivity index (χ4n) is 3.23. The van der Waals surface area contributed by atoms with Gasteiger partial charge in [-0.25, -0.2) is 9.78 Å². The Balaban J connectivity index is 2.14. The monoisotopic (exact) mass is 371 g/mol. The lowest BCUT2D eigenvalue weighted by molar-refractivity contribution is 0.0593. The van der Waals surface area contributed by atoms with Crippen LogP contribution in [0.3, 0.4) is 0 Å². The van der Waals surface area contributed by atoms with Crippen LogP contribution in [0.25, 0.3) is 22.0 Å². The van der Waals surface area contributed by atoms with Crippen molar-refractivity contribution in [2.24, 2.45) is 0 Å². The summed E-state index contributed by atoms with van der Waals surface area (Å²) in [6.45, 7) is 0. The van der Waals surface area contributed by atoms with Crippen molar-refractivity contribution < 1.29 is 9.53 Å². The minimum absolute atomic E-state index is 0.305. The van der Waals surface area contributed by atoms with E-state index in [-0.39, 0.29) is 0 Å². The van der Waals surface area contributed by atoms with Gasteiger partial charge < -0.3 is 4.74 Å². The van der Waals surface area contributed by atoms with E-state index in [9.17, 15) is 4.79 Å². The highest BCUT2D eigenvalue weighted by atomic mass is 35.5. The first-order valence-electron chi connectivity index (χ1n) is 8.06. The van der Waals surface area contributed by atoms with E-state index in [4.69, 9.17) is 27.9 Å². The number of methoxy groups -OCH3 is 1. The van der Waals surface area contributed by atoms with Crippen LogP contribution in [-0.2, 0) is 4.74 Å². The number of carbonyl (C=O) groups excluding carboxylic acids is 1. The zero-order valence-corrected chi connectivity index (χ0v) is 15.1. The normalized spacial score (nSPS) is 13.9. The first kappa shape index (κ1) is 16.4. The van der Waals surface area contributed by atoms with Crippen LogP contribution in [0, 0.1) is 0 Å². The van der Waals surface area contributed by atoms with Crippen LogP contribution in [0.1, 0.15) is 34.8 Å². The fourth-order valence-corrected chi connectivity index (χ4v) is 3.59. The Bertz CT molecular complexity index is 996. The average molecular weight is 372 g/mol. The number of hydrogen-bond donors (Lipinski definition) is 0. The second-order valence-electron chi connectivity index (χ2n) is 6.19. The minimum Gasteiger partial charge on any atom is -0.464 e. The van der Waals surface area contributed by atoms with Gasteiger partial charge in [0.15, 0.2) is 5.69 Å². The van der Waals surface area contributed by atoms with Crippen LogP contribution in [0.4, 0.5) is 0 Å². The van der Waals surface area contributed by atoms with Crippen molar-refractivity contribution in [2.45, 2.75) is 18.8 Å². The summed E-state index contributed by atoms with van der Waals surface area (Å²) >= 11 is 12.5. The van der Waals surface area contributed by atoms with Crippen molar-refractivity contribution >= 4 is 40.1 Å². The number of hydrogen-bond acceptors (Lipinski definition) is 3. The number of fused-ring (bicyclic) bond motifs is 1. The first-order valence-corrected chi connectivity index (χ1v) is 8.81. The Morgan fingerprint density at radius 2 is 1.88 bits per heavy atom. The van der Waals surface area contributed by atoms with E-state index >= 15 is 0 Å². The smallest absolute Gasteiger partial charge is 0.356 e. The molecule has 1 aliphatic rings. The molecule has 0 atom stereocenters. The van der Waals surface area contributed by atoms with Gasteiger partial charge >= 0.3 is 5.97 Å². The molecule has 0 N–H and O–H groups in total. The third-order valence-corrected chi connectivity index (χ3v) is 4.93. The Morgan fingerprint density at radius 1 is 1.12 bits per heavy atom. The third-order valence-electron chi connectivity index (χ3n) is 4.46. The number of rotatable bonds is 3. The van der Waals surface area contributed by atoms with Crippen molar-refractivity contribution in [3.05, 3.63) is 63.8 Å².